The van der Waals surface area contributed by atoms with Crippen molar-refractivity contribution in [2.75, 3.05) is 25.1 Å². The third kappa shape index (κ3) is 3.31. The Morgan fingerprint density at radius 1 is 1.17 bits per heavy atom. The second-order valence-electron chi connectivity index (χ2n) is 8.08. The Morgan fingerprint density at radius 2 is 1.90 bits per heavy atom. The molecule has 2 aliphatic rings. The van der Waals surface area contributed by atoms with Gasteiger partial charge in [0.15, 0.2) is 5.82 Å². The molecule has 1 aliphatic heterocycles. The number of benzene rings is 1. The van der Waals surface area contributed by atoms with Crippen LogP contribution in [-0.2, 0) is 12.0 Å². The minimum absolute atomic E-state index is 0.300. The van der Waals surface area contributed by atoms with Crippen molar-refractivity contribution in [3.8, 4) is 5.75 Å². The fraction of sp³-hybridized carbons (Fsp3) is 0.476. The summed E-state index contributed by atoms with van der Waals surface area (Å²) in [5.74, 6) is 2.65. The quantitative estimate of drug-likeness (QED) is 0.714. The highest BCUT2D eigenvalue weighted by Crippen LogP contribution is 2.38. The van der Waals surface area contributed by atoms with Gasteiger partial charge in [-0.15, -0.1) is 10.2 Å². The van der Waals surface area contributed by atoms with Crippen LogP contribution in [0.25, 0.3) is 5.65 Å². The van der Waals surface area contributed by atoms with E-state index in [-0.39, 0.29) is 5.82 Å². The van der Waals surface area contributed by atoms with E-state index in [1.54, 1.807) is 25.6 Å². The first kappa shape index (κ1) is 18.3. The number of fused-ring (bicyclic) bond motifs is 1. The molecular formula is C21H24FN5O2. The van der Waals surface area contributed by atoms with Crippen molar-refractivity contribution in [2.24, 2.45) is 5.92 Å². The fourth-order valence-electron chi connectivity index (χ4n) is 4.14. The van der Waals surface area contributed by atoms with Crippen LogP contribution in [0.15, 0.2) is 30.6 Å². The monoisotopic (exact) mass is 397 g/mol. The lowest BCUT2D eigenvalue weighted by Crippen LogP contribution is -2.43. The van der Waals surface area contributed by atoms with E-state index in [4.69, 9.17) is 4.74 Å². The number of ether oxygens (including phenoxy) is 1. The Morgan fingerprint density at radius 3 is 2.55 bits per heavy atom. The first-order chi connectivity index (χ1) is 14.1. The third-order valence-corrected chi connectivity index (χ3v) is 6.11. The number of methoxy groups -OCH3 is 1. The predicted octanol–water partition coefficient (Wildman–Crippen LogP) is 2.71. The normalized spacial score (nSPS) is 18.9. The molecule has 0 atom stereocenters. The number of rotatable bonds is 5. The zero-order valence-electron chi connectivity index (χ0n) is 16.4. The van der Waals surface area contributed by atoms with Gasteiger partial charge in [-0.3, -0.25) is 4.40 Å². The molecule has 0 unspecified atom stereocenters. The Hall–Kier alpha value is -2.74. The van der Waals surface area contributed by atoms with Crippen molar-refractivity contribution in [3.63, 3.8) is 0 Å². The molecule has 1 aromatic carbocycles. The smallest absolute Gasteiger partial charge is 0.208 e. The van der Waals surface area contributed by atoms with E-state index < -0.39 is 5.60 Å². The number of aromatic nitrogens is 4. The highest BCUT2D eigenvalue weighted by molar-refractivity contribution is 5.67. The molecule has 1 N–H and O–H groups in total. The number of aliphatic hydroxyl groups is 1. The van der Waals surface area contributed by atoms with Gasteiger partial charge in [0.05, 0.1) is 12.7 Å². The number of halogens is 1. The van der Waals surface area contributed by atoms with Crippen LogP contribution in [-0.4, -0.2) is 44.9 Å². The minimum atomic E-state index is -0.964. The van der Waals surface area contributed by atoms with Gasteiger partial charge in [-0.05, 0) is 49.3 Å². The maximum atomic E-state index is 13.2. The van der Waals surface area contributed by atoms with Gasteiger partial charge >= 0.3 is 0 Å². The average molecular weight is 397 g/mol. The molecule has 3 heterocycles. The van der Waals surface area contributed by atoms with E-state index >= 15 is 0 Å². The molecule has 7 nitrogen and oxygen atoms in total. The standard InChI is InChI=1S/C21H24FN5O2/c1-29-18-19(23-13-27-17(12-14-2-3-14)24-25-20(18)27)26-10-8-21(28,9-11-26)15-4-6-16(22)7-5-15/h4-7,13-14,28H,2-3,8-12H2,1H3. The summed E-state index contributed by atoms with van der Waals surface area (Å²) in [6, 6.07) is 6.10. The van der Waals surface area contributed by atoms with E-state index in [2.05, 4.69) is 20.1 Å². The van der Waals surface area contributed by atoms with Crippen LogP contribution < -0.4 is 9.64 Å². The number of anilines is 1. The van der Waals surface area contributed by atoms with Crippen molar-refractivity contribution >= 4 is 11.5 Å². The topological polar surface area (TPSA) is 75.8 Å². The van der Waals surface area contributed by atoms with Gasteiger partial charge < -0.3 is 14.7 Å². The van der Waals surface area contributed by atoms with E-state index in [9.17, 15) is 9.50 Å². The second kappa shape index (κ2) is 6.95. The molecule has 2 fully saturated rings. The molecule has 5 rings (SSSR count). The SMILES string of the molecule is COc1c(N2CCC(O)(c3ccc(F)cc3)CC2)ncn2c(CC3CC3)nnc12. The first-order valence-corrected chi connectivity index (χ1v) is 10.1. The van der Waals surface area contributed by atoms with Crippen LogP contribution in [0.5, 0.6) is 5.75 Å². The molecule has 3 aromatic rings. The summed E-state index contributed by atoms with van der Waals surface area (Å²) in [4.78, 5) is 6.75. The van der Waals surface area contributed by atoms with Crippen LogP contribution >= 0.6 is 0 Å². The van der Waals surface area contributed by atoms with Gasteiger partial charge in [0.2, 0.25) is 11.4 Å². The van der Waals surface area contributed by atoms with Gasteiger partial charge in [0.25, 0.3) is 0 Å². The van der Waals surface area contributed by atoms with E-state index in [0.717, 1.165) is 17.8 Å². The third-order valence-electron chi connectivity index (χ3n) is 6.11. The zero-order valence-corrected chi connectivity index (χ0v) is 16.4. The second-order valence-corrected chi connectivity index (χ2v) is 8.08. The first-order valence-electron chi connectivity index (χ1n) is 10.1. The molecule has 1 saturated heterocycles. The fourth-order valence-corrected chi connectivity index (χ4v) is 4.14. The molecule has 0 radical (unpaired) electrons. The molecule has 1 saturated carbocycles. The number of hydrogen-bond donors (Lipinski definition) is 1. The van der Waals surface area contributed by atoms with Crippen molar-refractivity contribution in [2.45, 2.75) is 37.7 Å². The predicted molar refractivity (Wildman–Crippen MR) is 106 cm³/mol. The number of nitrogens with zero attached hydrogens (tertiary/aromatic N) is 5. The lowest BCUT2D eigenvalue weighted by Gasteiger charge is -2.39. The van der Waals surface area contributed by atoms with Gasteiger partial charge in [-0.25, -0.2) is 9.37 Å². The van der Waals surface area contributed by atoms with Gasteiger partial charge in [-0.1, -0.05) is 12.1 Å². The minimum Gasteiger partial charge on any atom is -0.490 e. The maximum Gasteiger partial charge on any atom is 0.208 e. The highest BCUT2D eigenvalue weighted by Gasteiger charge is 2.35. The largest absolute Gasteiger partial charge is 0.490 e. The molecule has 2 aromatic heterocycles. The summed E-state index contributed by atoms with van der Waals surface area (Å²) >= 11 is 0. The molecule has 152 valence electrons. The summed E-state index contributed by atoms with van der Waals surface area (Å²) < 4.78 is 20.8. The summed E-state index contributed by atoms with van der Waals surface area (Å²) in [5.41, 5.74) is 0.456. The molecule has 0 amide bonds. The van der Waals surface area contributed by atoms with Crippen molar-refractivity contribution in [1.29, 1.82) is 0 Å². The zero-order chi connectivity index (χ0) is 20.0. The van der Waals surface area contributed by atoms with Gasteiger partial charge in [0.1, 0.15) is 18.0 Å². The van der Waals surface area contributed by atoms with E-state index in [1.165, 1.54) is 25.0 Å². The number of piperidine rings is 1. The Labute approximate surface area is 168 Å². The van der Waals surface area contributed by atoms with E-state index in [1.807, 2.05) is 4.40 Å². The molecule has 0 bridgehead atoms. The Balaban J connectivity index is 1.39. The van der Waals surface area contributed by atoms with Crippen LogP contribution in [0.4, 0.5) is 10.2 Å². The van der Waals surface area contributed by atoms with Crippen molar-refractivity contribution < 1.29 is 14.2 Å². The summed E-state index contributed by atoms with van der Waals surface area (Å²) in [5, 5.41) is 19.8. The summed E-state index contributed by atoms with van der Waals surface area (Å²) in [6.07, 6.45) is 6.23. The van der Waals surface area contributed by atoms with Crippen molar-refractivity contribution in [1.82, 2.24) is 19.6 Å². The summed E-state index contributed by atoms with van der Waals surface area (Å²) in [6.45, 7) is 1.22. The molecule has 29 heavy (non-hydrogen) atoms. The van der Waals surface area contributed by atoms with Crippen LogP contribution in [0.1, 0.15) is 37.1 Å². The van der Waals surface area contributed by atoms with Gasteiger partial charge in [0, 0.05) is 19.5 Å². The van der Waals surface area contributed by atoms with Gasteiger partial charge in [-0.2, -0.15) is 0 Å². The maximum absolute atomic E-state index is 13.2. The molecular weight excluding hydrogens is 373 g/mol. The molecule has 0 spiro atoms. The summed E-state index contributed by atoms with van der Waals surface area (Å²) in [7, 11) is 1.62. The van der Waals surface area contributed by atoms with E-state index in [0.29, 0.717) is 49.1 Å². The number of hydrogen-bond acceptors (Lipinski definition) is 6. The van der Waals surface area contributed by atoms with Crippen LogP contribution in [0.3, 0.4) is 0 Å². The average Bonchev–Trinajstić information content (AvgIpc) is 3.46. The van der Waals surface area contributed by atoms with Crippen molar-refractivity contribution in [3.05, 3.63) is 47.8 Å². The Kier molecular flexibility index (Phi) is 4.38. The van der Waals surface area contributed by atoms with Crippen LogP contribution in [0.2, 0.25) is 0 Å². The Bertz CT molecular complexity index is 1020. The lowest BCUT2D eigenvalue weighted by molar-refractivity contribution is 0.0115. The highest BCUT2D eigenvalue weighted by atomic mass is 19.1. The lowest BCUT2D eigenvalue weighted by atomic mass is 9.84. The van der Waals surface area contributed by atoms with Crippen LogP contribution in [0, 0.1) is 11.7 Å². The molecule has 1 aliphatic carbocycles. The molecule has 8 heteroatoms.